The minimum atomic E-state index is 0. The largest absolute Gasteiger partial charge is 0.356 e. The molecule has 0 aliphatic carbocycles. The van der Waals surface area contributed by atoms with Gasteiger partial charge in [0.1, 0.15) is 5.82 Å². The van der Waals surface area contributed by atoms with E-state index in [2.05, 4.69) is 50.5 Å². The van der Waals surface area contributed by atoms with E-state index in [9.17, 15) is 0 Å². The SMILES string of the molecule is CCc1nn(C)c(CC)c1CNC(=NC)NC1CCN(c2ccccn2)CC1.I. The Balaban J connectivity index is 0.00000300. The van der Waals surface area contributed by atoms with Gasteiger partial charge in [-0.1, -0.05) is 19.9 Å². The molecule has 8 heteroatoms. The van der Waals surface area contributed by atoms with Crippen LogP contribution < -0.4 is 15.5 Å². The minimum absolute atomic E-state index is 0. The average Bonchev–Trinajstić information content (AvgIpc) is 3.06. The van der Waals surface area contributed by atoms with Gasteiger partial charge in [-0.3, -0.25) is 9.67 Å². The molecule has 0 spiro atoms. The van der Waals surface area contributed by atoms with E-state index in [0.29, 0.717) is 6.04 Å². The van der Waals surface area contributed by atoms with Crippen LogP contribution in [0, 0.1) is 0 Å². The maximum absolute atomic E-state index is 4.66. The molecule has 7 nitrogen and oxygen atoms in total. The Morgan fingerprint density at radius 1 is 1.21 bits per heavy atom. The summed E-state index contributed by atoms with van der Waals surface area (Å²) in [6.07, 6.45) is 5.94. The Bertz CT molecular complexity index is 780. The van der Waals surface area contributed by atoms with E-state index in [1.54, 1.807) is 0 Å². The first-order valence-electron chi connectivity index (χ1n) is 10.3. The van der Waals surface area contributed by atoms with Crippen molar-refractivity contribution in [2.75, 3.05) is 25.0 Å². The van der Waals surface area contributed by atoms with Gasteiger partial charge < -0.3 is 15.5 Å². The average molecular weight is 511 g/mol. The number of halogens is 1. The molecule has 0 unspecified atom stereocenters. The molecule has 160 valence electrons. The molecule has 0 aromatic carbocycles. The Kier molecular flexibility index (Phi) is 9.19. The lowest BCUT2D eigenvalue weighted by atomic mass is 10.1. The Morgan fingerprint density at radius 2 is 1.97 bits per heavy atom. The number of aromatic nitrogens is 3. The van der Waals surface area contributed by atoms with Crippen LogP contribution in [0.5, 0.6) is 0 Å². The molecule has 0 atom stereocenters. The summed E-state index contributed by atoms with van der Waals surface area (Å²) in [7, 11) is 3.87. The van der Waals surface area contributed by atoms with Crippen molar-refractivity contribution in [3.8, 4) is 0 Å². The van der Waals surface area contributed by atoms with Gasteiger partial charge in [-0.25, -0.2) is 4.98 Å². The molecule has 1 aliphatic heterocycles. The van der Waals surface area contributed by atoms with Gasteiger partial charge in [-0.05, 0) is 37.8 Å². The summed E-state index contributed by atoms with van der Waals surface area (Å²) in [6, 6.07) is 6.52. The molecule has 29 heavy (non-hydrogen) atoms. The lowest BCUT2D eigenvalue weighted by Crippen LogP contribution is -2.48. The number of nitrogens with zero attached hydrogens (tertiary/aromatic N) is 5. The lowest BCUT2D eigenvalue weighted by molar-refractivity contribution is 0.459. The highest BCUT2D eigenvalue weighted by Crippen LogP contribution is 2.18. The summed E-state index contributed by atoms with van der Waals surface area (Å²) in [5.41, 5.74) is 3.77. The zero-order chi connectivity index (χ0) is 19.9. The van der Waals surface area contributed by atoms with Crippen molar-refractivity contribution in [1.82, 2.24) is 25.4 Å². The first-order chi connectivity index (χ1) is 13.7. The lowest BCUT2D eigenvalue weighted by Gasteiger charge is -2.33. The van der Waals surface area contributed by atoms with Crippen molar-refractivity contribution in [1.29, 1.82) is 0 Å². The number of aliphatic imine (C=N–C) groups is 1. The molecule has 2 aromatic heterocycles. The van der Waals surface area contributed by atoms with Gasteiger partial charge in [0, 0.05) is 57.2 Å². The number of rotatable bonds is 6. The second-order valence-electron chi connectivity index (χ2n) is 7.22. The predicted octanol–water partition coefficient (Wildman–Crippen LogP) is 2.89. The van der Waals surface area contributed by atoms with E-state index in [0.717, 1.165) is 57.1 Å². The van der Waals surface area contributed by atoms with Crippen LogP contribution in [0.3, 0.4) is 0 Å². The Morgan fingerprint density at radius 3 is 2.55 bits per heavy atom. The molecule has 2 aromatic rings. The molecule has 0 radical (unpaired) electrons. The number of anilines is 1. The van der Waals surface area contributed by atoms with Crippen molar-refractivity contribution in [3.63, 3.8) is 0 Å². The van der Waals surface area contributed by atoms with E-state index in [4.69, 9.17) is 0 Å². The minimum Gasteiger partial charge on any atom is -0.356 e. The maximum atomic E-state index is 4.66. The molecule has 0 saturated carbocycles. The molecule has 1 aliphatic rings. The van der Waals surface area contributed by atoms with Gasteiger partial charge in [0.2, 0.25) is 0 Å². The first kappa shape index (κ1) is 23.4. The summed E-state index contributed by atoms with van der Waals surface area (Å²) in [5, 5.41) is 11.8. The van der Waals surface area contributed by atoms with Crippen LogP contribution in [0.15, 0.2) is 29.4 Å². The highest BCUT2D eigenvalue weighted by molar-refractivity contribution is 14.0. The summed E-state index contributed by atoms with van der Waals surface area (Å²) in [4.78, 5) is 11.2. The van der Waals surface area contributed by atoms with Crippen molar-refractivity contribution >= 4 is 35.8 Å². The van der Waals surface area contributed by atoms with Gasteiger partial charge in [-0.2, -0.15) is 5.10 Å². The standard InChI is InChI=1S/C21H33N7.HI/c1-5-18-17(19(6-2)27(4)26-18)15-24-21(22-3)25-16-10-13-28(14-11-16)20-9-7-8-12-23-20;/h7-9,12,16H,5-6,10-11,13-15H2,1-4H3,(H2,22,24,25);1H. The van der Waals surface area contributed by atoms with E-state index in [1.807, 2.05) is 37.1 Å². The summed E-state index contributed by atoms with van der Waals surface area (Å²) in [6.45, 7) is 7.12. The fraction of sp³-hybridized carbons (Fsp3) is 0.571. The molecular formula is C21H34IN7. The van der Waals surface area contributed by atoms with E-state index in [-0.39, 0.29) is 24.0 Å². The summed E-state index contributed by atoms with van der Waals surface area (Å²) < 4.78 is 2.01. The number of pyridine rings is 1. The molecule has 1 fully saturated rings. The predicted molar refractivity (Wildman–Crippen MR) is 130 cm³/mol. The summed E-state index contributed by atoms with van der Waals surface area (Å²) >= 11 is 0. The molecule has 2 N–H and O–H groups in total. The second kappa shape index (κ2) is 11.4. The fourth-order valence-corrected chi connectivity index (χ4v) is 3.95. The van der Waals surface area contributed by atoms with E-state index >= 15 is 0 Å². The van der Waals surface area contributed by atoms with E-state index < -0.39 is 0 Å². The number of aryl methyl sites for hydroxylation is 2. The van der Waals surface area contributed by atoms with Crippen LogP contribution in [-0.4, -0.2) is 46.9 Å². The number of nitrogens with one attached hydrogen (secondary N) is 2. The third kappa shape index (κ3) is 5.83. The number of piperidine rings is 1. The highest BCUT2D eigenvalue weighted by atomic mass is 127. The van der Waals surface area contributed by atoms with Crippen LogP contribution in [-0.2, 0) is 26.4 Å². The van der Waals surface area contributed by atoms with Gasteiger partial charge >= 0.3 is 0 Å². The zero-order valence-electron chi connectivity index (χ0n) is 18.0. The third-order valence-corrected chi connectivity index (χ3v) is 5.49. The van der Waals surface area contributed by atoms with Crippen LogP contribution in [0.4, 0.5) is 5.82 Å². The molecule has 0 bridgehead atoms. The van der Waals surface area contributed by atoms with Crippen LogP contribution in [0.2, 0.25) is 0 Å². The van der Waals surface area contributed by atoms with E-state index in [1.165, 1.54) is 17.0 Å². The van der Waals surface area contributed by atoms with Crippen LogP contribution in [0.25, 0.3) is 0 Å². The Hall–Kier alpha value is -1.84. The third-order valence-electron chi connectivity index (χ3n) is 5.49. The van der Waals surface area contributed by atoms with Crippen LogP contribution >= 0.6 is 24.0 Å². The normalized spacial score (nSPS) is 15.2. The van der Waals surface area contributed by atoms with Gasteiger partial charge in [0.15, 0.2) is 5.96 Å². The zero-order valence-corrected chi connectivity index (χ0v) is 20.3. The van der Waals surface area contributed by atoms with Crippen molar-refractivity contribution in [3.05, 3.63) is 41.3 Å². The van der Waals surface area contributed by atoms with Gasteiger partial charge in [0.05, 0.1) is 5.69 Å². The molecular weight excluding hydrogens is 477 g/mol. The number of hydrogen-bond donors (Lipinski definition) is 2. The quantitative estimate of drug-likeness (QED) is 0.355. The van der Waals surface area contributed by atoms with Gasteiger partial charge in [0.25, 0.3) is 0 Å². The monoisotopic (exact) mass is 511 g/mol. The molecule has 3 heterocycles. The van der Waals surface area contributed by atoms with Crippen molar-refractivity contribution in [2.45, 2.75) is 52.1 Å². The Labute approximate surface area is 191 Å². The topological polar surface area (TPSA) is 70.4 Å². The van der Waals surface area contributed by atoms with Crippen molar-refractivity contribution in [2.24, 2.45) is 12.0 Å². The number of hydrogen-bond acceptors (Lipinski definition) is 4. The van der Waals surface area contributed by atoms with Crippen LogP contribution in [0.1, 0.15) is 43.6 Å². The maximum Gasteiger partial charge on any atom is 0.191 e. The molecule has 1 saturated heterocycles. The second-order valence-corrected chi connectivity index (χ2v) is 7.22. The first-order valence-corrected chi connectivity index (χ1v) is 10.3. The fourth-order valence-electron chi connectivity index (χ4n) is 3.95. The molecule has 3 rings (SSSR count). The van der Waals surface area contributed by atoms with Gasteiger partial charge in [-0.15, -0.1) is 24.0 Å². The van der Waals surface area contributed by atoms with Crippen molar-refractivity contribution < 1.29 is 0 Å². The number of guanidine groups is 1. The smallest absolute Gasteiger partial charge is 0.191 e. The summed E-state index contributed by atoms with van der Waals surface area (Å²) in [5.74, 6) is 1.93. The molecule has 0 amide bonds. The highest BCUT2D eigenvalue weighted by Gasteiger charge is 2.21.